The Labute approximate surface area is 120 Å². The standard InChI is InChI=1S/C15H26N2O3/c1-3-12-4-8-16(9-5-12)14(20)17-10-6-15(2,7-11-17)13(18)19/h12H,3-11H2,1-2H3,(H,18,19). The summed E-state index contributed by atoms with van der Waals surface area (Å²) in [4.78, 5) is 27.4. The number of hydrogen-bond donors (Lipinski definition) is 1. The molecule has 0 saturated carbocycles. The summed E-state index contributed by atoms with van der Waals surface area (Å²) >= 11 is 0. The molecule has 0 bridgehead atoms. The minimum atomic E-state index is -0.742. The Morgan fingerprint density at radius 2 is 1.60 bits per heavy atom. The van der Waals surface area contributed by atoms with Crippen LogP contribution in [0.1, 0.15) is 46.0 Å². The third-order valence-corrected chi connectivity index (χ3v) is 5.12. The van der Waals surface area contributed by atoms with Gasteiger partial charge in [0.05, 0.1) is 5.41 Å². The molecule has 20 heavy (non-hydrogen) atoms. The first-order valence-electron chi connectivity index (χ1n) is 7.73. The Morgan fingerprint density at radius 1 is 1.10 bits per heavy atom. The van der Waals surface area contributed by atoms with Gasteiger partial charge < -0.3 is 14.9 Å². The quantitative estimate of drug-likeness (QED) is 0.846. The van der Waals surface area contributed by atoms with Crippen molar-refractivity contribution < 1.29 is 14.7 Å². The smallest absolute Gasteiger partial charge is 0.319 e. The molecule has 5 heteroatoms. The van der Waals surface area contributed by atoms with Gasteiger partial charge in [0.25, 0.3) is 0 Å². The molecule has 0 unspecified atom stereocenters. The van der Waals surface area contributed by atoms with Crippen molar-refractivity contribution in [2.75, 3.05) is 26.2 Å². The molecule has 0 aromatic heterocycles. The molecule has 0 aromatic carbocycles. The topological polar surface area (TPSA) is 60.9 Å². The average molecular weight is 282 g/mol. The summed E-state index contributed by atoms with van der Waals surface area (Å²) in [5.74, 6) is 0.0177. The number of carboxylic acid groups (broad SMARTS) is 1. The second kappa shape index (κ2) is 6.02. The highest BCUT2D eigenvalue weighted by Crippen LogP contribution is 2.32. The van der Waals surface area contributed by atoms with E-state index in [1.54, 1.807) is 6.92 Å². The number of nitrogens with zero attached hydrogens (tertiary/aromatic N) is 2. The summed E-state index contributed by atoms with van der Waals surface area (Å²) in [6.07, 6.45) is 4.51. The van der Waals surface area contributed by atoms with Gasteiger partial charge in [-0.2, -0.15) is 0 Å². The molecule has 0 spiro atoms. The molecular weight excluding hydrogens is 256 g/mol. The lowest BCUT2D eigenvalue weighted by Crippen LogP contribution is -2.51. The number of carbonyl (C=O) groups is 2. The summed E-state index contributed by atoms with van der Waals surface area (Å²) in [5.41, 5.74) is -0.661. The third kappa shape index (κ3) is 3.07. The summed E-state index contributed by atoms with van der Waals surface area (Å²) in [6.45, 7) is 6.82. The van der Waals surface area contributed by atoms with E-state index in [1.807, 2.05) is 9.80 Å². The van der Waals surface area contributed by atoms with Crippen LogP contribution in [0, 0.1) is 11.3 Å². The Hall–Kier alpha value is -1.26. The Bertz CT molecular complexity index is 367. The van der Waals surface area contributed by atoms with Gasteiger partial charge in [-0.05, 0) is 38.5 Å². The molecule has 2 saturated heterocycles. The van der Waals surface area contributed by atoms with Crippen molar-refractivity contribution in [2.45, 2.75) is 46.0 Å². The van der Waals surface area contributed by atoms with Gasteiger partial charge in [-0.15, -0.1) is 0 Å². The van der Waals surface area contributed by atoms with Gasteiger partial charge in [-0.3, -0.25) is 4.79 Å². The summed E-state index contributed by atoms with van der Waals surface area (Å²) in [7, 11) is 0. The second-order valence-electron chi connectivity index (χ2n) is 6.47. The largest absolute Gasteiger partial charge is 0.481 e. The first kappa shape index (κ1) is 15.1. The van der Waals surface area contributed by atoms with E-state index >= 15 is 0 Å². The Balaban J connectivity index is 1.85. The number of hydrogen-bond acceptors (Lipinski definition) is 2. The molecule has 2 fully saturated rings. The highest BCUT2D eigenvalue weighted by Gasteiger charge is 2.39. The SMILES string of the molecule is CCC1CCN(C(=O)N2CCC(C)(C(=O)O)CC2)CC1. The lowest BCUT2D eigenvalue weighted by molar-refractivity contribution is -0.150. The van der Waals surface area contributed by atoms with Crippen molar-refractivity contribution in [3.8, 4) is 0 Å². The molecule has 2 aliphatic heterocycles. The molecule has 5 nitrogen and oxygen atoms in total. The lowest BCUT2D eigenvalue weighted by atomic mass is 9.80. The predicted molar refractivity (Wildman–Crippen MR) is 76.5 cm³/mol. The maximum absolute atomic E-state index is 12.4. The third-order valence-electron chi connectivity index (χ3n) is 5.12. The summed E-state index contributed by atoms with van der Waals surface area (Å²) in [6, 6.07) is 0.104. The van der Waals surface area contributed by atoms with Gasteiger partial charge >= 0.3 is 12.0 Å². The highest BCUT2D eigenvalue weighted by atomic mass is 16.4. The van der Waals surface area contributed by atoms with Crippen LogP contribution in [0.3, 0.4) is 0 Å². The van der Waals surface area contributed by atoms with Gasteiger partial charge in [-0.1, -0.05) is 13.3 Å². The molecule has 1 N–H and O–H groups in total. The zero-order valence-electron chi connectivity index (χ0n) is 12.6. The molecule has 0 atom stereocenters. The summed E-state index contributed by atoms with van der Waals surface area (Å²) in [5, 5.41) is 9.21. The van der Waals surface area contributed by atoms with Crippen molar-refractivity contribution in [2.24, 2.45) is 11.3 Å². The van der Waals surface area contributed by atoms with Crippen molar-refractivity contribution in [3.05, 3.63) is 0 Å². The van der Waals surface area contributed by atoms with Crippen LogP contribution >= 0.6 is 0 Å². The normalized spacial score (nSPS) is 23.7. The van der Waals surface area contributed by atoms with Gasteiger partial charge in [0.15, 0.2) is 0 Å². The van der Waals surface area contributed by atoms with Crippen LogP contribution in [0.4, 0.5) is 4.79 Å². The predicted octanol–water partition coefficient (Wildman–Crippen LogP) is 2.42. The fourth-order valence-electron chi connectivity index (χ4n) is 3.14. The van der Waals surface area contributed by atoms with Crippen molar-refractivity contribution in [1.29, 1.82) is 0 Å². The number of urea groups is 1. The number of aliphatic carboxylic acids is 1. The molecular formula is C15H26N2O3. The van der Waals surface area contributed by atoms with Crippen molar-refractivity contribution in [3.63, 3.8) is 0 Å². The zero-order valence-corrected chi connectivity index (χ0v) is 12.6. The van der Waals surface area contributed by atoms with Crippen LogP contribution in [0.25, 0.3) is 0 Å². The van der Waals surface area contributed by atoms with Crippen LogP contribution in [0.5, 0.6) is 0 Å². The van der Waals surface area contributed by atoms with E-state index in [9.17, 15) is 14.7 Å². The average Bonchev–Trinajstić information content (AvgIpc) is 2.47. The maximum Gasteiger partial charge on any atom is 0.319 e. The molecule has 0 radical (unpaired) electrons. The molecule has 2 rings (SSSR count). The van der Waals surface area contributed by atoms with Crippen LogP contribution in [0.2, 0.25) is 0 Å². The van der Waals surface area contributed by atoms with E-state index in [0.29, 0.717) is 25.9 Å². The van der Waals surface area contributed by atoms with Gasteiger partial charge in [0.2, 0.25) is 0 Å². The molecule has 114 valence electrons. The fraction of sp³-hybridized carbons (Fsp3) is 0.867. The van der Waals surface area contributed by atoms with Crippen LogP contribution < -0.4 is 0 Å². The first-order valence-corrected chi connectivity index (χ1v) is 7.73. The van der Waals surface area contributed by atoms with E-state index in [0.717, 1.165) is 31.8 Å². The van der Waals surface area contributed by atoms with E-state index in [-0.39, 0.29) is 6.03 Å². The molecule has 2 aliphatic rings. The Morgan fingerprint density at radius 3 is 2.05 bits per heavy atom. The van der Waals surface area contributed by atoms with Crippen molar-refractivity contribution >= 4 is 12.0 Å². The summed E-state index contributed by atoms with van der Waals surface area (Å²) < 4.78 is 0. The fourth-order valence-corrected chi connectivity index (χ4v) is 3.14. The first-order chi connectivity index (χ1) is 9.46. The minimum Gasteiger partial charge on any atom is -0.481 e. The maximum atomic E-state index is 12.4. The second-order valence-corrected chi connectivity index (χ2v) is 6.47. The number of likely N-dealkylation sites (tertiary alicyclic amines) is 2. The van der Waals surface area contributed by atoms with Crippen LogP contribution in [-0.4, -0.2) is 53.1 Å². The number of carboxylic acids is 1. The van der Waals surface area contributed by atoms with Gasteiger partial charge in [0, 0.05) is 26.2 Å². The number of piperidine rings is 2. The number of carbonyl (C=O) groups excluding carboxylic acids is 1. The monoisotopic (exact) mass is 282 g/mol. The van der Waals surface area contributed by atoms with E-state index in [1.165, 1.54) is 6.42 Å². The van der Waals surface area contributed by atoms with Crippen LogP contribution in [0.15, 0.2) is 0 Å². The number of rotatable bonds is 2. The molecule has 0 aromatic rings. The van der Waals surface area contributed by atoms with Gasteiger partial charge in [-0.25, -0.2) is 4.79 Å². The van der Waals surface area contributed by atoms with Crippen molar-refractivity contribution in [1.82, 2.24) is 9.80 Å². The van der Waals surface area contributed by atoms with E-state index < -0.39 is 11.4 Å². The molecule has 2 heterocycles. The highest BCUT2D eigenvalue weighted by molar-refractivity contribution is 5.77. The van der Waals surface area contributed by atoms with E-state index in [2.05, 4.69) is 6.92 Å². The zero-order chi connectivity index (χ0) is 14.8. The lowest BCUT2D eigenvalue weighted by Gasteiger charge is -2.40. The van der Waals surface area contributed by atoms with E-state index in [4.69, 9.17) is 0 Å². The number of amides is 2. The Kier molecular flexibility index (Phi) is 4.55. The van der Waals surface area contributed by atoms with Gasteiger partial charge in [0.1, 0.15) is 0 Å². The molecule has 2 amide bonds. The minimum absolute atomic E-state index is 0.104. The van der Waals surface area contributed by atoms with Crippen LogP contribution in [-0.2, 0) is 4.79 Å². The molecule has 0 aliphatic carbocycles.